The molecule has 6 heteroatoms. The monoisotopic (exact) mass is 226 g/mol. The van der Waals surface area contributed by atoms with E-state index in [1.165, 1.54) is 0 Å². The number of hydrogen-bond donors (Lipinski definition) is 6. The first-order valence-electron chi connectivity index (χ1n) is 4.96. The van der Waals surface area contributed by atoms with Gasteiger partial charge in [0.25, 0.3) is 11.9 Å². The highest BCUT2D eigenvalue weighted by atomic mass is 16.7. The summed E-state index contributed by atoms with van der Waals surface area (Å²) in [5.74, 6) is -4.90. The van der Waals surface area contributed by atoms with E-state index >= 15 is 0 Å². The Balaban J connectivity index is 0. The van der Waals surface area contributed by atoms with Crippen molar-refractivity contribution in [3.05, 3.63) is 0 Å². The topological polar surface area (TPSA) is 121 Å². The second kappa shape index (κ2) is 7.98. The van der Waals surface area contributed by atoms with Crippen LogP contribution < -0.4 is 0 Å². The van der Waals surface area contributed by atoms with Gasteiger partial charge in [-0.3, -0.25) is 0 Å². The van der Waals surface area contributed by atoms with Gasteiger partial charge in [-0.1, -0.05) is 20.3 Å². The van der Waals surface area contributed by atoms with Crippen LogP contribution in [0.25, 0.3) is 0 Å². The Hall–Kier alpha value is -0.240. The first kappa shape index (κ1) is 17.2. The van der Waals surface area contributed by atoms with E-state index in [1.807, 2.05) is 6.92 Å². The molecule has 0 aromatic heterocycles. The fourth-order valence-corrected chi connectivity index (χ4v) is 0.749. The Labute approximate surface area is 89.4 Å². The van der Waals surface area contributed by atoms with Crippen molar-refractivity contribution in [2.45, 2.75) is 57.9 Å². The Kier molecular flexibility index (Phi) is 9.13. The lowest BCUT2D eigenvalue weighted by molar-refractivity contribution is -0.315. The van der Waals surface area contributed by atoms with Gasteiger partial charge in [0.1, 0.15) is 0 Å². The normalized spacial score (nSPS) is 12.0. The van der Waals surface area contributed by atoms with Gasteiger partial charge in [-0.25, -0.2) is 0 Å². The Bertz CT molecular complexity index is 135. The van der Waals surface area contributed by atoms with Crippen LogP contribution in [0.15, 0.2) is 0 Å². The Morgan fingerprint density at radius 2 is 1.07 bits per heavy atom. The third-order valence-electron chi connectivity index (χ3n) is 1.45. The van der Waals surface area contributed by atoms with Crippen molar-refractivity contribution in [1.29, 1.82) is 0 Å². The molecule has 0 unspecified atom stereocenters. The van der Waals surface area contributed by atoms with E-state index in [1.54, 1.807) is 6.92 Å². The van der Waals surface area contributed by atoms with E-state index in [-0.39, 0.29) is 12.8 Å². The highest BCUT2D eigenvalue weighted by Gasteiger charge is 2.15. The molecule has 15 heavy (non-hydrogen) atoms. The lowest BCUT2D eigenvalue weighted by Gasteiger charge is -2.11. The minimum absolute atomic E-state index is 0.00694. The van der Waals surface area contributed by atoms with Crippen LogP contribution >= 0.6 is 0 Å². The van der Waals surface area contributed by atoms with E-state index in [9.17, 15) is 0 Å². The SMILES string of the molecule is CCCC(O)(O)O.CCCCC(O)(O)O. The molecule has 0 heterocycles. The van der Waals surface area contributed by atoms with Gasteiger partial charge >= 0.3 is 0 Å². The van der Waals surface area contributed by atoms with Crippen LogP contribution in [-0.4, -0.2) is 42.6 Å². The lowest BCUT2D eigenvalue weighted by Crippen LogP contribution is -2.26. The molecule has 0 spiro atoms. The largest absolute Gasteiger partial charge is 0.344 e. The number of rotatable bonds is 5. The summed E-state index contributed by atoms with van der Waals surface area (Å²) in [4.78, 5) is 0. The van der Waals surface area contributed by atoms with Gasteiger partial charge < -0.3 is 30.6 Å². The summed E-state index contributed by atoms with van der Waals surface area (Å²) in [6, 6.07) is 0. The summed E-state index contributed by atoms with van der Waals surface area (Å²) in [7, 11) is 0. The molecular formula is C9H22O6. The predicted molar refractivity (Wildman–Crippen MR) is 53.2 cm³/mol. The molecule has 0 aromatic carbocycles. The quantitative estimate of drug-likeness (QED) is 0.342. The maximum absolute atomic E-state index is 8.26. The minimum Gasteiger partial charge on any atom is -0.344 e. The highest BCUT2D eigenvalue weighted by Crippen LogP contribution is 2.05. The molecule has 0 amide bonds. The molecule has 6 N–H and O–H groups in total. The number of aliphatic hydroxyl groups is 6. The van der Waals surface area contributed by atoms with Crippen LogP contribution in [-0.2, 0) is 0 Å². The Morgan fingerprint density at radius 3 is 1.13 bits per heavy atom. The zero-order chi connectivity index (χ0) is 12.5. The molecule has 0 aliphatic rings. The van der Waals surface area contributed by atoms with Gasteiger partial charge in [0, 0.05) is 12.8 Å². The minimum atomic E-state index is -2.45. The first-order valence-corrected chi connectivity index (χ1v) is 4.96. The highest BCUT2D eigenvalue weighted by molar-refractivity contribution is 4.45. The average Bonchev–Trinajstić information content (AvgIpc) is 1.98. The van der Waals surface area contributed by atoms with Crippen LogP contribution in [0.1, 0.15) is 46.0 Å². The van der Waals surface area contributed by atoms with Gasteiger partial charge in [0.2, 0.25) is 0 Å². The maximum Gasteiger partial charge on any atom is 0.275 e. The van der Waals surface area contributed by atoms with Crippen molar-refractivity contribution in [3.63, 3.8) is 0 Å². The van der Waals surface area contributed by atoms with Crippen LogP contribution in [0.2, 0.25) is 0 Å². The standard InChI is InChI=1S/C5H12O3.C4H10O3/c1-2-3-4-5(6,7)8;1-2-3-4(5,6)7/h6-8H,2-4H2,1H3;5-7H,2-3H2,1H3. The third-order valence-corrected chi connectivity index (χ3v) is 1.45. The fraction of sp³-hybridized carbons (Fsp3) is 1.00. The molecule has 0 fully saturated rings. The van der Waals surface area contributed by atoms with E-state index in [0.29, 0.717) is 12.8 Å². The summed E-state index contributed by atoms with van der Waals surface area (Å²) in [5, 5.41) is 49.2. The second-order valence-electron chi connectivity index (χ2n) is 3.40. The van der Waals surface area contributed by atoms with Gasteiger partial charge in [-0.15, -0.1) is 0 Å². The predicted octanol–water partition coefficient (Wildman–Crippen LogP) is -0.776. The second-order valence-corrected chi connectivity index (χ2v) is 3.40. The summed E-state index contributed by atoms with van der Waals surface area (Å²) < 4.78 is 0. The van der Waals surface area contributed by atoms with Crippen molar-refractivity contribution in [3.8, 4) is 0 Å². The fourth-order valence-electron chi connectivity index (χ4n) is 0.749. The van der Waals surface area contributed by atoms with Crippen LogP contribution in [0.5, 0.6) is 0 Å². The van der Waals surface area contributed by atoms with Gasteiger partial charge in [-0.2, -0.15) is 0 Å². The number of hydrogen-bond acceptors (Lipinski definition) is 6. The lowest BCUT2D eigenvalue weighted by atomic mass is 10.2. The van der Waals surface area contributed by atoms with Gasteiger partial charge in [-0.05, 0) is 12.8 Å². The van der Waals surface area contributed by atoms with E-state index < -0.39 is 11.9 Å². The summed E-state index contributed by atoms with van der Waals surface area (Å²) in [6.45, 7) is 3.66. The van der Waals surface area contributed by atoms with Gasteiger partial charge in [0.15, 0.2) is 0 Å². The van der Waals surface area contributed by atoms with Crippen molar-refractivity contribution in [1.82, 2.24) is 0 Å². The van der Waals surface area contributed by atoms with Crippen molar-refractivity contribution < 1.29 is 30.6 Å². The first-order chi connectivity index (χ1) is 6.62. The van der Waals surface area contributed by atoms with Crippen LogP contribution in [0, 0.1) is 0 Å². The zero-order valence-electron chi connectivity index (χ0n) is 9.22. The van der Waals surface area contributed by atoms with E-state index in [0.717, 1.165) is 6.42 Å². The summed E-state index contributed by atoms with van der Waals surface area (Å²) in [5.41, 5.74) is 0. The van der Waals surface area contributed by atoms with E-state index in [4.69, 9.17) is 30.6 Å². The molecule has 0 aromatic rings. The molecule has 0 saturated carbocycles. The smallest absolute Gasteiger partial charge is 0.275 e. The summed E-state index contributed by atoms with van der Waals surface area (Å²) in [6.07, 6.45) is 2.08. The van der Waals surface area contributed by atoms with Crippen molar-refractivity contribution in [2.75, 3.05) is 0 Å². The molecule has 0 aliphatic carbocycles. The van der Waals surface area contributed by atoms with Crippen LogP contribution in [0.4, 0.5) is 0 Å². The molecule has 94 valence electrons. The molecule has 0 aliphatic heterocycles. The summed E-state index contributed by atoms with van der Waals surface area (Å²) >= 11 is 0. The zero-order valence-corrected chi connectivity index (χ0v) is 9.22. The third kappa shape index (κ3) is 24.8. The molecule has 0 atom stereocenters. The molecule has 6 nitrogen and oxygen atoms in total. The van der Waals surface area contributed by atoms with E-state index in [2.05, 4.69) is 0 Å². The number of unbranched alkanes of at least 4 members (excludes halogenated alkanes) is 1. The molecule has 0 bridgehead atoms. The molecule has 0 radical (unpaired) electrons. The molecule has 0 rings (SSSR count). The van der Waals surface area contributed by atoms with Crippen molar-refractivity contribution in [2.24, 2.45) is 0 Å². The van der Waals surface area contributed by atoms with Crippen molar-refractivity contribution >= 4 is 0 Å². The van der Waals surface area contributed by atoms with Crippen LogP contribution in [0.3, 0.4) is 0 Å². The van der Waals surface area contributed by atoms with Gasteiger partial charge in [0.05, 0.1) is 0 Å². The maximum atomic E-state index is 8.26. The Morgan fingerprint density at radius 1 is 0.667 bits per heavy atom. The molecule has 0 saturated heterocycles. The molecular weight excluding hydrogens is 204 g/mol. The average molecular weight is 226 g/mol.